The van der Waals surface area contributed by atoms with Gasteiger partial charge in [-0.1, -0.05) is 13.3 Å². The molecule has 0 saturated heterocycles. The van der Waals surface area contributed by atoms with Gasteiger partial charge in [0.2, 0.25) is 0 Å². The van der Waals surface area contributed by atoms with E-state index in [2.05, 4.69) is 4.74 Å². The average molecular weight is 591 g/mol. The first kappa shape index (κ1) is 35.2. The maximum Gasteiger partial charge on any atom is 0.460 e. The first-order valence-corrected chi connectivity index (χ1v) is 9.77. The van der Waals surface area contributed by atoms with Crippen molar-refractivity contribution >= 4 is 5.97 Å². The minimum Gasteiger partial charge on any atom is -0.465 e. The molecule has 0 amide bonds. The van der Waals surface area contributed by atoms with Crippen LogP contribution in [0.15, 0.2) is 0 Å². The number of rotatable bonds is 14. The predicted molar refractivity (Wildman–Crippen MR) is 88.6 cm³/mol. The number of ether oxygens (including phenoxy) is 1. The summed E-state index contributed by atoms with van der Waals surface area (Å²) in [5.41, 5.74) is 0. The number of nitrogens with one attached hydrogen (secondary N) is 1. The largest absolute Gasteiger partial charge is 0.465 e. The Morgan fingerprint density at radius 1 is 0.649 bits per heavy atom. The van der Waals surface area contributed by atoms with Gasteiger partial charge in [0.05, 0.1) is 6.61 Å². The first-order valence-electron chi connectivity index (χ1n) is 9.77. The summed E-state index contributed by atoms with van der Waals surface area (Å²) in [4.78, 5) is 11.6. The molecule has 0 aliphatic heterocycles. The molecular weight excluding hydrogens is 573 g/mol. The lowest BCUT2D eigenvalue weighted by Gasteiger charge is -2.42. The Balaban J connectivity index is 6.22. The van der Waals surface area contributed by atoms with Crippen molar-refractivity contribution in [3.05, 3.63) is 0 Å². The maximum absolute atomic E-state index is 13.8. The van der Waals surface area contributed by atoms with Crippen LogP contribution in [0.4, 0.5) is 74.6 Å². The highest BCUT2D eigenvalue weighted by molar-refractivity contribution is 5.75. The number of carbonyl (C=O) groups is 1. The molecule has 0 saturated carbocycles. The highest BCUT2D eigenvalue weighted by Crippen LogP contribution is 2.64. The molecule has 0 radical (unpaired) electrons. The molecule has 0 unspecified atom stereocenters. The average Bonchev–Trinajstić information content (AvgIpc) is 2.71. The van der Waals surface area contributed by atoms with Crippen LogP contribution < -0.4 is 5.32 Å². The summed E-state index contributed by atoms with van der Waals surface area (Å²) in [6.07, 6.45) is -10.6. The van der Waals surface area contributed by atoms with E-state index in [4.69, 9.17) is 0 Å². The van der Waals surface area contributed by atoms with Crippen LogP contribution in [0.25, 0.3) is 0 Å². The Kier molecular flexibility index (Phi) is 10.3. The molecule has 1 N–H and O–H groups in total. The third-order valence-electron chi connectivity index (χ3n) is 4.77. The Morgan fingerprint density at radius 3 is 1.38 bits per heavy atom. The smallest absolute Gasteiger partial charge is 0.460 e. The van der Waals surface area contributed by atoms with Crippen LogP contribution in [0.5, 0.6) is 0 Å². The fourth-order valence-corrected chi connectivity index (χ4v) is 2.59. The lowest BCUT2D eigenvalue weighted by molar-refractivity contribution is -0.461. The Bertz CT molecular complexity index is 778. The molecule has 20 heteroatoms. The van der Waals surface area contributed by atoms with Gasteiger partial charge in [0.15, 0.2) is 0 Å². The van der Waals surface area contributed by atoms with E-state index in [0.717, 1.165) is 0 Å². The molecule has 0 aromatic carbocycles. The lowest BCUT2D eigenvalue weighted by Crippen LogP contribution is -2.74. The van der Waals surface area contributed by atoms with Gasteiger partial charge in [0.25, 0.3) is 0 Å². The highest BCUT2D eigenvalue weighted by atomic mass is 19.4. The number of hydrogen-bond donors (Lipinski definition) is 1. The monoisotopic (exact) mass is 591 g/mol. The minimum atomic E-state index is -8.66. The number of halogens is 17. The molecule has 222 valence electrons. The normalized spacial score (nSPS) is 16.1. The fourth-order valence-electron chi connectivity index (χ4n) is 2.59. The summed E-state index contributed by atoms with van der Waals surface area (Å²) in [7, 11) is 0. The molecule has 37 heavy (non-hydrogen) atoms. The van der Waals surface area contributed by atoms with Crippen LogP contribution in [0.3, 0.4) is 0 Å². The zero-order valence-corrected chi connectivity index (χ0v) is 18.4. The van der Waals surface area contributed by atoms with Gasteiger partial charge in [-0.3, -0.25) is 4.79 Å². The van der Waals surface area contributed by atoms with Crippen molar-refractivity contribution in [1.29, 1.82) is 0 Å². The minimum absolute atomic E-state index is 0.110. The van der Waals surface area contributed by atoms with E-state index in [-0.39, 0.29) is 19.4 Å². The molecular formula is C17H18F17NO2. The molecule has 0 bridgehead atoms. The van der Waals surface area contributed by atoms with Crippen LogP contribution in [0.2, 0.25) is 0 Å². The number of alkyl halides is 17. The van der Waals surface area contributed by atoms with Crippen molar-refractivity contribution in [3.63, 3.8) is 0 Å². The van der Waals surface area contributed by atoms with Crippen LogP contribution in [0.1, 0.15) is 33.1 Å². The lowest BCUT2D eigenvalue weighted by atomic mass is 9.88. The third kappa shape index (κ3) is 5.81. The van der Waals surface area contributed by atoms with Crippen LogP contribution in [0, 0.1) is 0 Å². The summed E-state index contributed by atoms with van der Waals surface area (Å²) in [5, 5.41) is 1.80. The van der Waals surface area contributed by atoms with E-state index in [1.807, 2.05) is 0 Å². The van der Waals surface area contributed by atoms with Gasteiger partial charge < -0.3 is 10.1 Å². The zero-order valence-electron chi connectivity index (χ0n) is 18.4. The Labute approximate surface area is 196 Å². The van der Waals surface area contributed by atoms with E-state index >= 15 is 0 Å². The van der Waals surface area contributed by atoms with Gasteiger partial charge >= 0.3 is 53.6 Å². The molecule has 0 spiro atoms. The van der Waals surface area contributed by atoms with Gasteiger partial charge in [-0.25, -0.2) is 0 Å². The van der Waals surface area contributed by atoms with Crippen LogP contribution in [-0.4, -0.2) is 72.8 Å². The van der Waals surface area contributed by atoms with Crippen LogP contribution >= 0.6 is 0 Å². The Morgan fingerprint density at radius 2 is 1.03 bits per heavy atom. The molecule has 0 heterocycles. The number of hydrogen-bond acceptors (Lipinski definition) is 3. The fraction of sp³-hybridized carbons (Fsp3) is 0.941. The highest BCUT2D eigenvalue weighted by Gasteiger charge is 2.95. The second-order valence-corrected chi connectivity index (χ2v) is 7.45. The molecule has 0 aliphatic carbocycles. The molecule has 0 aliphatic rings. The van der Waals surface area contributed by atoms with Crippen molar-refractivity contribution in [2.24, 2.45) is 0 Å². The second-order valence-electron chi connectivity index (χ2n) is 7.45. The molecule has 0 rings (SSSR count). The van der Waals surface area contributed by atoms with Crippen LogP contribution in [-0.2, 0) is 9.53 Å². The van der Waals surface area contributed by atoms with E-state index < -0.39 is 72.6 Å². The standard InChI is InChI=1S/C17H18F17NO2/c1-3-5-8(9(36)37-4-2)35-7-6-10(18,19)11(20,21)12(22,23)13(24,25)14(26,27)15(28,29)16(30,31)17(32,33)34/h8,35H,3-7H2,1-2H3/t8-/m0/s1. The summed E-state index contributed by atoms with van der Waals surface area (Å²) >= 11 is 0. The summed E-state index contributed by atoms with van der Waals surface area (Å²) in [5.74, 6) is -57.7. The van der Waals surface area contributed by atoms with Crippen molar-refractivity contribution in [2.75, 3.05) is 13.2 Å². The van der Waals surface area contributed by atoms with E-state index in [1.54, 1.807) is 5.32 Å². The molecule has 0 aromatic rings. The van der Waals surface area contributed by atoms with Crippen molar-refractivity contribution in [1.82, 2.24) is 5.32 Å². The van der Waals surface area contributed by atoms with Crippen molar-refractivity contribution < 1.29 is 84.2 Å². The van der Waals surface area contributed by atoms with Gasteiger partial charge in [-0.2, -0.15) is 74.6 Å². The van der Waals surface area contributed by atoms with Gasteiger partial charge in [0.1, 0.15) is 6.04 Å². The van der Waals surface area contributed by atoms with E-state index in [1.165, 1.54) is 13.8 Å². The van der Waals surface area contributed by atoms with Crippen molar-refractivity contribution in [3.8, 4) is 0 Å². The maximum atomic E-state index is 13.8. The van der Waals surface area contributed by atoms with Gasteiger partial charge in [-0.15, -0.1) is 0 Å². The summed E-state index contributed by atoms with van der Waals surface area (Å²) in [6, 6.07) is -1.54. The van der Waals surface area contributed by atoms with Gasteiger partial charge in [-0.05, 0) is 13.3 Å². The summed E-state index contributed by atoms with van der Waals surface area (Å²) < 4.78 is 229. The first-order chi connectivity index (χ1) is 16.2. The topological polar surface area (TPSA) is 38.3 Å². The number of esters is 1. The molecule has 0 aromatic heterocycles. The predicted octanol–water partition coefficient (Wildman–Crippen LogP) is 6.71. The Hall–Kier alpha value is -1.76. The van der Waals surface area contributed by atoms with Gasteiger partial charge in [0, 0.05) is 13.0 Å². The van der Waals surface area contributed by atoms with E-state index in [0.29, 0.717) is 0 Å². The summed E-state index contributed by atoms with van der Waals surface area (Å²) in [6.45, 7) is 0.814. The number of carbonyl (C=O) groups excluding carboxylic acids is 1. The zero-order chi connectivity index (χ0) is 30.1. The van der Waals surface area contributed by atoms with E-state index in [9.17, 15) is 79.4 Å². The molecule has 0 fully saturated rings. The molecule has 3 nitrogen and oxygen atoms in total. The SMILES string of the molecule is CCC[C@H](NCCC(F)(F)C(F)(F)C(F)(F)C(F)(F)C(F)(F)C(F)(F)C(F)(F)C(F)(F)F)C(=O)OCC. The third-order valence-corrected chi connectivity index (χ3v) is 4.77. The van der Waals surface area contributed by atoms with Crippen molar-refractivity contribution in [2.45, 2.75) is 86.8 Å². The molecule has 1 atom stereocenters. The second kappa shape index (κ2) is 10.8. The quantitative estimate of drug-likeness (QED) is 0.181.